The molecular weight excluding hydrogens is 462 g/mol. The van der Waals surface area contributed by atoms with E-state index in [2.05, 4.69) is 9.97 Å². The number of hydrogen-bond donors (Lipinski definition) is 0. The van der Waals surface area contributed by atoms with Gasteiger partial charge in [-0.05, 0) is 73.9 Å². The van der Waals surface area contributed by atoms with Crippen LogP contribution in [0.2, 0.25) is 5.02 Å². The van der Waals surface area contributed by atoms with Gasteiger partial charge in [0, 0.05) is 36.3 Å². The maximum atomic E-state index is 12.5. The number of benzene rings is 2. The molecular formula is C28H26ClN3O3. The maximum Gasteiger partial charge on any atom is 0.255 e. The number of carbonyl (C=O) groups is 1. The molecule has 1 saturated heterocycles. The lowest BCUT2D eigenvalue weighted by atomic mass is 10.1. The Labute approximate surface area is 209 Å². The van der Waals surface area contributed by atoms with Crippen molar-refractivity contribution in [2.24, 2.45) is 0 Å². The molecule has 1 fully saturated rings. The van der Waals surface area contributed by atoms with Crippen molar-refractivity contribution in [3.05, 3.63) is 100 Å². The number of likely N-dealkylation sites (tertiary alicyclic amines) is 1. The van der Waals surface area contributed by atoms with Gasteiger partial charge in [-0.1, -0.05) is 23.7 Å². The minimum Gasteiger partial charge on any atom is -0.487 e. The first-order chi connectivity index (χ1) is 17.0. The molecule has 3 heterocycles. The van der Waals surface area contributed by atoms with Crippen molar-refractivity contribution in [1.82, 2.24) is 14.9 Å². The molecule has 5 rings (SSSR count). The lowest BCUT2D eigenvalue weighted by Crippen LogP contribution is -2.27. The van der Waals surface area contributed by atoms with Crippen LogP contribution in [0.5, 0.6) is 5.75 Å². The highest BCUT2D eigenvalue weighted by atomic mass is 35.5. The predicted octanol–water partition coefficient (Wildman–Crippen LogP) is 6.10. The number of rotatable bonds is 7. The van der Waals surface area contributed by atoms with E-state index in [0.29, 0.717) is 29.5 Å². The molecule has 35 heavy (non-hydrogen) atoms. The summed E-state index contributed by atoms with van der Waals surface area (Å²) in [4.78, 5) is 23.4. The van der Waals surface area contributed by atoms with Gasteiger partial charge in [-0.25, -0.2) is 4.98 Å². The first-order valence-corrected chi connectivity index (χ1v) is 12.1. The third-order valence-corrected chi connectivity index (χ3v) is 6.30. The van der Waals surface area contributed by atoms with Gasteiger partial charge in [0.1, 0.15) is 23.8 Å². The molecule has 0 atom stereocenters. The smallest absolute Gasteiger partial charge is 0.255 e. The summed E-state index contributed by atoms with van der Waals surface area (Å²) in [5, 5.41) is 0.698. The van der Waals surface area contributed by atoms with Crippen LogP contribution in [0.15, 0.2) is 71.3 Å². The fourth-order valence-corrected chi connectivity index (χ4v) is 4.43. The summed E-state index contributed by atoms with van der Waals surface area (Å²) in [5.74, 6) is 2.20. The highest BCUT2D eigenvalue weighted by molar-refractivity contribution is 6.30. The standard InChI is InChI=1S/C28H26ClN3O3/c1-19-27(31-26(35-19)16-20-5-4-6-23(29)15-20)21-8-11-25(12-9-21)34-18-24-10-7-22(17-30-24)28(33)32-13-2-3-14-32/h4-12,15,17H,2-3,13-14,16,18H2,1H3. The highest BCUT2D eigenvalue weighted by Crippen LogP contribution is 2.27. The molecule has 7 heteroatoms. The third kappa shape index (κ3) is 5.54. The Balaban J connectivity index is 1.19. The number of carbonyl (C=O) groups excluding carboxylic acids is 1. The zero-order chi connectivity index (χ0) is 24.2. The molecule has 0 spiro atoms. The second-order valence-corrected chi connectivity index (χ2v) is 9.11. The Morgan fingerprint density at radius 2 is 1.89 bits per heavy atom. The number of halogens is 1. The Morgan fingerprint density at radius 1 is 1.09 bits per heavy atom. The van der Waals surface area contributed by atoms with Crippen LogP contribution in [0.25, 0.3) is 11.3 Å². The van der Waals surface area contributed by atoms with Gasteiger partial charge in [0.25, 0.3) is 5.91 Å². The van der Waals surface area contributed by atoms with Crippen LogP contribution < -0.4 is 4.74 Å². The minimum atomic E-state index is 0.0527. The van der Waals surface area contributed by atoms with Crippen LogP contribution in [-0.4, -0.2) is 33.9 Å². The van der Waals surface area contributed by atoms with Crippen molar-refractivity contribution in [3.63, 3.8) is 0 Å². The van der Waals surface area contributed by atoms with E-state index < -0.39 is 0 Å². The van der Waals surface area contributed by atoms with Crippen LogP contribution in [-0.2, 0) is 13.0 Å². The van der Waals surface area contributed by atoms with Gasteiger partial charge in [-0.2, -0.15) is 0 Å². The second kappa shape index (κ2) is 10.3. The Morgan fingerprint density at radius 3 is 2.60 bits per heavy atom. The van der Waals surface area contributed by atoms with E-state index in [9.17, 15) is 4.79 Å². The summed E-state index contributed by atoms with van der Waals surface area (Å²) in [7, 11) is 0. The summed E-state index contributed by atoms with van der Waals surface area (Å²) in [6.45, 7) is 3.90. The highest BCUT2D eigenvalue weighted by Gasteiger charge is 2.19. The van der Waals surface area contributed by atoms with Crippen molar-refractivity contribution < 1.29 is 13.9 Å². The number of amides is 1. The fourth-order valence-electron chi connectivity index (χ4n) is 4.22. The van der Waals surface area contributed by atoms with Crippen molar-refractivity contribution in [1.29, 1.82) is 0 Å². The molecule has 1 aliphatic rings. The van der Waals surface area contributed by atoms with E-state index in [1.165, 1.54) is 0 Å². The van der Waals surface area contributed by atoms with Gasteiger partial charge < -0.3 is 14.1 Å². The Bertz CT molecular complexity index is 1310. The van der Waals surface area contributed by atoms with Crippen LogP contribution >= 0.6 is 11.6 Å². The SMILES string of the molecule is Cc1oc(Cc2cccc(Cl)c2)nc1-c1ccc(OCc2ccc(C(=O)N3CCCC3)cn2)cc1. The van der Waals surface area contributed by atoms with Crippen molar-refractivity contribution >= 4 is 17.5 Å². The van der Waals surface area contributed by atoms with E-state index in [-0.39, 0.29) is 5.91 Å². The Kier molecular flexibility index (Phi) is 6.82. The van der Waals surface area contributed by atoms with Crippen molar-refractivity contribution in [2.45, 2.75) is 32.8 Å². The summed E-state index contributed by atoms with van der Waals surface area (Å²) < 4.78 is 11.8. The van der Waals surface area contributed by atoms with E-state index >= 15 is 0 Å². The van der Waals surface area contributed by atoms with Gasteiger partial charge in [-0.3, -0.25) is 9.78 Å². The summed E-state index contributed by atoms with van der Waals surface area (Å²) >= 11 is 6.08. The molecule has 1 amide bonds. The molecule has 2 aromatic heterocycles. The van der Waals surface area contributed by atoms with Gasteiger partial charge >= 0.3 is 0 Å². The molecule has 0 N–H and O–H groups in total. The lowest BCUT2D eigenvalue weighted by Gasteiger charge is -2.15. The first-order valence-electron chi connectivity index (χ1n) is 11.7. The summed E-state index contributed by atoms with van der Waals surface area (Å²) in [5.41, 5.74) is 4.21. The Hall–Kier alpha value is -3.64. The van der Waals surface area contributed by atoms with Crippen molar-refractivity contribution in [2.75, 3.05) is 13.1 Å². The van der Waals surface area contributed by atoms with Crippen LogP contribution in [0.3, 0.4) is 0 Å². The monoisotopic (exact) mass is 487 g/mol. The minimum absolute atomic E-state index is 0.0527. The average molecular weight is 488 g/mol. The zero-order valence-corrected chi connectivity index (χ0v) is 20.3. The zero-order valence-electron chi connectivity index (χ0n) is 19.5. The van der Waals surface area contributed by atoms with Crippen LogP contribution in [0.4, 0.5) is 0 Å². The number of pyridine rings is 1. The van der Waals surface area contributed by atoms with E-state index in [1.807, 2.05) is 72.5 Å². The quantitative estimate of drug-likeness (QED) is 0.315. The first kappa shape index (κ1) is 23.1. The van der Waals surface area contributed by atoms with Crippen molar-refractivity contribution in [3.8, 4) is 17.0 Å². The molecule has 4 aromatic rings. The molecule has 6 nitrogen and oxygen atoms in total. The van der Waals surface area contributed by atoms with Gasteiger partial charge in [0.05, 0.1) is 11.3 Å². The molecule has 0 unspecified atom stereocenters. The van der Waals surface area contributed by atoms with Crippen LogP contribution in [0, 0.1) is 6.92 Å². The normalized spacial score (nSPS) is 13.3. The number of aryl methyl sites for hydroxylation is 1. The summed E-state index contributed by atoms with van der Waals surface area (Å²) in [6.07, 6.45) is 4.36. The van der Waals surface area contributed by atoms with Gasteiger partial charge in [0.2, 0.25) is 0 Å². The lowest BCUT2D eigenvalue weighted by molar-refractivity contribution is 0.0792. The largest absolute Gasteiger partial charge is 0.487 e. The number of ether oxygens (including phenoxy) is 1. The van der Waals surface area contributed by atoms with Crippen LogP contribution in [0.1, 0.15) is 46.1 Å². The molecule has 0 saturated carbocycles. The average Bonchev–Trinajstić information content (AvgIpc) is 3.53. The van der Waals surface area contributed by atoms with Gasteiger partial charge in [0.15, 0.2) is 5.89 Å². The topological polar surface area (TPSA) is 68.5 Å². The number of aromatic nitrogens is 2. The maximum absolute atomic E-state index is 12.5. The molecule has 178 valence electrons. The molecule has 0 radical (unpaired) electrons. The molecule has 1 aliphatic heterocycles. The van der Waals surface area contributed by atoms with E-state index in [1.54, 1.807) is 6.20 Å². The molecule has 0 bridgehead atoms. The van der Waals surface area contributed by atoms with Gasteiger partial charge in [-0.15, -0.1) is 0 Å². The second-order valence-electron chi connectivity index (χ2n) is 8.67. The summed E-state index contributed by atoms with van der Waals surface area (Å²) in [6, 6.07) is 19.1. The predicted molar refractivity (Wildman–Crippen MR) is 135 cm³/mol. The molecule has 2 aromatic carbocycles. The molecule has 0 aliphatic carbocycles. The number of nitrogens with zero attached hydrogens (tertiary/aromatic N) is 3. The number of hydrogen-bond acceptors (Lipinski definition) is 5. The van der Waals surface area contributed by atoms with E-state index in [0.717, 1.165) is 60.0 Å². The van der Waals surface area contributed by atoms with E-state index in [4.69, 9.17) is 20.8 Å². The fraction of sp³-hybridized carbons (Fsp3) is 0.250. The number of oxazole rings is 1. The third-order valence-electron chi connectivity index (χ3n) is 6.06.